The van der Waals surface area contributed by atoms with Gasteiger partial charge in [-0.1, -0.05) is 518 Å². The van der Waals surface area contributed by atoms with Crippen molar-refractivity contribution < 1.29 is 0 Å². The van der Waals surface area contributed by atoms with Crippen molar-refractivity contribution in [2.45, 2.75) is 620 Å². The minimum absolute atomic E-state index is 0.552. The van der Waals surface area contributed by atoms with Gasteiger partial charge in [-0.2, -0.15) is 21.0 Å². The van der Waals surface area contributed by atoms with Gasteiger partial charge in [0.2, 0.25) is 0 Å². The number of nitrogens with one attached hydrogen (secondary N) is 2. The molecule has 2 aliphatic rings. The van der Waals surface area contributed by atoms with Crippen LogP contribution in [0.2, 0.25) is 0 Å². The van der Waals surface area contributed by atoms with Crippen molar-refractivity contribution >= 4 is 44.1 Å². The maximum Gasteiger partial charge on any atom is 0.165 e. The van der Waals surface area contributed by atoms with Crippen LogP contribution in [0.15, 0.2) is 24.3 Å². The third-order valence-corrected chi connectivity index (χ3v) is 32.5. The molecule has 0 aliphatic carbocycles. The van der Waals surface area contributed by atoms with Crippen LogP contribution < -0.4 is 0 Å². The molecule has 12 heteroatoms. The van der Waals surface area contributed by atoms with Gasteiger partial charge in [0.05, 0.1) is 46.5 Å². The van der Waals surface area contributed by atoms with Gasteiger partial charge >= 0.3 is 0 Å². The second kappa shape index (κ2) is 75.0. The summed E-state index contributed by atoms with van der Waals surface area (Å²) in [5, 5.41) is 52.2. The third kappa shape index (κ3) is 41.3. The molecule has 9 rings (SSSR count). The standard InChI is InChI=1S/C132H206N12/c1-9-17-25-33-41-49-57-65-73-81-89-105-97-109(101-133)113(93-85-77-69-61-53-45-37-29-21-13-5)121-117(105)125-137-126-118-106(90-82-74-66-58-50-42-34-26-18-10-2)98-110(102-134)114(94-86-78-70-62-54-46-38-30-22-14-6)122(118)131(140-126)144-132-124-116(96-88-80-72-64-56-48-40-32-24-16-8)112(104-136)100-108(92-84-76-68-60-52-44-36-28-20-12-4)120(124)128(142-132)138-127-119-107(91-83-75-67-59-51-43-35-27-19-11-3)99-111(103-135)115(123(119)130(141-127)143-129(121)139-125)95-87-79-71-63-55-47-39-31-23-15-7/h97-100H,9-96H2,1-8H3,(H2,137,138,139,140,141,142,143,144). The van der Waals surface area contributed by atoms with Crippen molar-refractivity contribution in [1.29, 1.82) is 21.0 Å². The lowest BCUT2D eigenvalue weighted by molar-refractivity contribution is 0.556. The minimum atomic E-state index is 0.552. The van der Waals surface area contributed by atoms with Crippen LogP contribution in [0, 0.1) is 45.3 Å². The van der Waals surface area contributed by atoms with E-state index in [1.165, 1.54) is 385 Å². The molecule has 2 N–H and O–H groups in total. The largest absolute Gasteiger partial charge is 0.324 e. The normalized spacial score (nSPS) is 11.8. The lowest BCUT2D eigenvalue weighted by Gasteiger charge is -2.15. The highest BCUT2D eigenvalue weighted by Crippen LogP contribution is 2.48. The second-order valence-corrected chi connectivity index (χ2v) is 44.8. The number of rotatable bonds is 88. The number of hydrogen-bond acceptors (Lipinski definition) is 10. The van der Waals surface area contributed by atoms with Gasteiger partial charge in [-0.15, -0.1) is 0 Å². The first-order valence-electron chi connectivity index (χ1n) is 62.4. The fourth-order valence-electron chi connectivity index (χ4n) is 23.8. The Balaban J connectivity index is 1.43. The average Bonchev–Trinajstić information content (AvgIpc) is 1.57. The number of H-pyrrole nitrogens is 2. The number of aromatic amines is 2. The SMILES string of the molecule is CCCCCCCCCCCCc1cc(C#N)c(CCCCCCCCCCCC)c2c1-c1nc-2nc2[nH]c(nc3nc(nc4[nH]c(n1)c1c(CCCCCCCCCCCC)cc(C#N)c(CCCCCCCCCCCC)c41)-c1c(CCCCCCCCCCCC)c(C#N)cc(CCCCCCCCCCCC)c1-3)c1c(CCCCCCCCCCCC)cc(C#N)c(CCCCCCCCCCCC)c21. The lowest BCUT2D eigenvalue weighted by atomic mass is 9.87. The molecule has 0 spiro atoms. The Bertz CT molecular complexity index is 4770. The van der Waals surface area contributed by atoms with E-state index in [-0.39, 0.29) is 0 Å². The molecule has 5 heterocycles. The Morgan fingerprint density at radius 3 is 0.521 bits per heavy atom. The number of nitrogens with zero attached hydrogens (tertiary/aromatic N) is 10. The summed E-state index contributed by atoms with van der Waals surface area (Å²) >= 11 is 0. The Hall–Kier alpha value is -7.80. The summed E-state index contributed by atoms with van der Waals surface area (Å²) in [5.41, 5.74) is 17.7. The third-order valence-electron chi connectivity index (χ3n) is 32.5. The molecule has 0 unspecified atom stereocenters. The Morgan fingerprint density at radius 2 is 0.319 bits per heavy atom. The molecule has 794 valence electrons. The smallest absolute Gasteiger partial charge is 0.165 e. The number of aryl methyl sites for hydroxylation is 6. The van der Waals surface area contributed by atoms with Gasteiger partial charge < -0.3 is 9.97 Å². The summed E-state index contributed by atoms with van der Waals surface area (Å²) < 4.78 is 0. The number of aromatic nitrogens is 8. The fourth-order valence-corrected chi connectivity index (χ4v) is 23.8. The summed E-state index contributed by atoms with van der Waals surface area (Å²) in [5.74, 6) is 2.28. The molecule has 12 nitrogen and oxygen atoms in total. The number of benzene rings is 4. The molecule has 144 heavy (non-hydrogen) atoms. The molecule has 0 amide bonds. The van der Waals surface area contributed by atoms with Crippen LogP contribution in [0.1, 0.15) is 636 Å². The van der Waals surface area contributed by atoms with Gasteiger partial charge in [0.25, 0.3) is 0 Å². The molecule has 0 saturated heterocycles. The zero-order chi connectivity index (χ0) is 102. The van der Waals surface area contributed by atoms with E-state index in [1.807, 2.05) is 0 Å². The highest BCUT2D eigenvalue weighted by atomic mass is 15.1. The van der Waals surface area contributed by atoms with E-state index in [0.29, 0.717) is 93.8 Å². The van der Waals surface area contributed by atoms with Gasteiger partial charge in [0.15, 0.2) is 23.3 Å². The van der Waals surface area contributed by atoms with Gasteiger partial charge in [-0.3, -0.25) is 0 Å². The quantitative estimate of drug-likeness (QED) is 0.0345. The molecule has 0 atom stereocenters. The molecular weight excluding hydrogens is 1750 g/mol. The van der Waals surface area contributed by atoms with Crippen molar-refractivity contribution in [1.82, 2.24) is 39.9 Å². The van der Waals surface area contributed by atoms with E-state index in [4.69, 9.17) is 29.9 Å². The summed E-state index contributed by atoms with van der Waals surface area (Å²) in [4.78, 5) is 45.4. The highest BCUT2D eigenvalue weighted by molar-refractivity contribution is 6.11. The van der Waals surface area contributed by atoms with Crippen LogP contribution in [0.3, 0.4) is 0 Å². The monoisotopic (exact) mass is 1960 g/mol. The summed E-state index contributed by atoms with van der Waals surface area (Å²) in [7, 11) is 0. The van der Waals surface area contributed by atoms with E-state index in [2.05, 4.69) is 114 Å². The summed E-state index contributed by atoms with van der Waals surface area (Å²) in [6.45, 7) is 18.5. The van der Waals surface area contributed by atoms with E-state index >= 15 is 0 Å². The van der Waals surface area contributed by atoms with Gasteiger partial charge in [-0.05, 0) is 172 Å². The Morgan fingerprint density at radius 1 is 0.167 bits per heavy atom. The van der Waals surface area contributed by atoms with Crippen LogP contribution in [0.4, 0.5) is 0 Å². The lowest BCUT2D eigenvalue weighted by Crippen LogP contribution is -2.02. The molecule has 8 bridgehead atoms. The summed E-state index contributed by atoms with van der Waals surface area (Å²) in [6, 6.07) is 20.6. The van der Waals surface area contributed by atoms with E-state index in [9.17, 15) is 21.0 Å². The molecule has 7 aromatic rings. The van der Waals surface area contributed by atoms with Crippen molar-refractivity contribution in [3.8, 4) is 69.8 Å². The van der Waals surface area contributed by atoms with Crippen LogP contribution in [-0.2, 0) is 51.4 Å². The number of unbranched alkanes of at least 4 members (excludes halogenated alkanes) is 72. The molecule has 0 saturated carbocycles. The molecule has 3 aromatic heterocycles. The Kier molecular flexibility index (Phi) is 62.3. The van der Waals surface area contributed by atoms with Crippen LogP contribution in [-0.4, -0.2) is 39.9 Å². The first-order chi connectivity index (χ1) is 71.2. The van der Waals surface area contributed by atoms with E-state index < -0.39 is 0 Å². The predicted molar refractivity (Wildman–Crippen MR) is 619 cm³/mol. The summed E-state index contributed by atoms with van der Waals surface area (Å²) in [6.07, 6.45) is 103. The topological polar surface area (TPSA) is 204 Å². The highest BCUT2D eigenvalue weighted by Gasteiger charge is 2.34. The maximum absolute atomic E-state index is 12.1. The van der Waals surface area contributed by atoms with Crippen LogP contribution in [0.5, 0.6) is 0 Å². The zero-order valence-electron chi connectivity index (χ0n) is 94.0. The maximum atomic E-state index is 12.1. The number of fused-ring (bicyclic) bond motifs is 20. The van der Waals surface area contributed by atoms with Gasteiger partial charge in [0, 0.05) is 43.8 Å². The average molecular weight is 1960 g/mol. The first-order valence-corrected chi connectivity index (χ1v) is 62.4. The molecule has 0 radical (unpaired) electrons. The van der Waals surface area contributed by atoms with Crippen molar-refractivity contribution in [2.75, 3.05) is 0 Å². The first kappa shape index (κ1) is 120. The van der Waals surface area contributed by atoms with Gasteiger partial charge in [-0.25, -0.2) is 29.9 Å². The molecule has 0 fully saturated rings. The van der Waals surface area contributed by atoms with Crippen LogP contribution in [0.25, 0.3) is 89.7 Å². The number of nitriles is 4. The van der Waals surface area contributed by atoms with Crippen molar-refractivity contribution in [3.05, 3.63) is 91.0 Å². The molecular formula is C132H206N12. The molecule has 4 aromatic carbocycles. The van der Waals surface area contributed by atoms with Gasteiger partial charge in [0.1, 0.15) is 22.6 Å². The van der Waals surface area contributed by atoms with Crippen molar-refractivity contribution in [3.63, 3.8) is 0 Å². The number of hydrogen-bond donors (Lipinski definition) is 2. The minimum Gasteiger partial charge on any atom is -0.324 e. The van der Waals surface area contributed by atoms with Crippen LogP contribution >= 0.6 is 0 Å². The van der Waals surface area contributed by atoms with E-state index in [0.717, 1.165) is 242 Å². The Labute approximate surface area is 880 Å². The van der Waals surface area contributed by atoms with Crippen molar-refractivity contribution in [2.24, 2.45) is 0 Å². The fraction of sp³-hybridized carbons (Fsp3) is 0.727. The molecule has 2 aliphatic heterocycles. The predicted octanol–water partition coefficient (Wildman–Crippen LogP) is 42.1. The zero-order valence-corrected chi connectivity index (χ0v) is 94.0. The van der Waals surface area contributed by atoms with E-state index in [1.54, 1.807) is 0 Å². The second-order valence-electron chi connectivity index (χ2n) is 44.8.